The van der Waals surface area contributed by atoms with Crippen molar-refractivity contribution in [3.05, 3.63) is 47.8 Å². The van der Waals surface area contributed by atoms with Crippen LogP contribution in [0.2, 0.25) is 0 Å². The van der Waals surface area contributed by atoms with Gasteiger partial charge in [-0.3, -0.25) is 14.6 Å². The number of benzene rings is 1. The number of carbonyl (C=O) groups is 2. The van der Waals surface area contributed by atoms with Crippen molar-refractivity contribution in [3.8, 4) is 11.1 Å². The summed E-state index contributed by atoms with van der Waals surface area (Å²) < 4.78 is 0. The fourth-order valence-corrected chi connectivity index (χ4v) is 2.65. The number of carbonyl (C=O) groups excluding carboxylic acids is 2. The minimum Gasteiger partial charge on any atom is -0.323 e. The molecule has 1 aromatic carbocycles. The molecular formula is C22H29N3O2. The molecule has 27 heavy (non-hydrogen) atoms. The summed E-state index contributed by atoms with van der Waals surface area (Å²) in [5.74, 6) is -0.477. The Morgan fingerprint density at radius 2 is 1.81 bits per heavy atom. The molecule has 5 nitrogen and oxygen atoms in total. The lowest BCUT2D eigenvalue weighted by atomic mass is 10.00. The number of hydrogen-bond donors (Lipinski definition) is 2. The third kappa shape index (κ3) is 5.73. The number of amides is 1. The molecule has 0 fully saturated rings. The van der Waals surface area contributed by atoms with E-state index < -0.39 is 0 Å². The number of anilines is 1. The van der Waals surface area contributed by atoms with Crippen LogP contribution >= 0.6 is 0 Å². The van der Waals surface area contributed by atoms with Gasteiger partial charge in [-0.15, -0.1) is 0 Å². The molecule has 0 bridgehead atoms. The van der Waals surface area contributed by atoms with E-state index in [1.807, 2.05) is 45.9 Å². The van der Waals surface area contributed by atoms with Crippen molar-refractivity contribution in [2.75, 3.05) is 11.9 Å². The fourth-order valence-electron chi connectivity index (χ4n) is 2.65. The second kappa shape index (κ2) is 9.42. The maximum Gasteiger partial charge on any atom is 0.238 e. The van der Waals surface area contributed by atoms with Gasteiger partial charge in [-0.1, -0.05) is 58.9 Å². The Morgan fingerprint density at radius 1 is 1.07 bits per heavy atom. The predicted octanol–water partition coefficient (Wildman–Crippen LogP) is 4.09. The molecule has 2 aromatic rings. The molecule has 0 saturated carbocycles. The van der Waals surface area contributed by atoms with Gasteiger partial charge in [0.05, 0.1) is 12.2 Å². The molecule has 2 rings (SSSR count). The van der Waals surface area contributed by atoms with Gasteiger partial charge < -0.3 is 10.6 Å². The third-order valence-corrected chi connectivity index (χ3v) is 4.26. The van der Waals surface area contributed by atoms with Crippen molar-refractivity contribution in [3.63, 3.8) is 0 Å². The van der Waals surface area contributed by atoms with E-state index in [0.717, 1.165) is 17.5 Å². The SMILES string of the molecule is CCc1cccc(-c2cnc(C(=O)C(C)C)c(NC(=O)CNC(C)C)c2)c1. The lowest BCUT2D eigenvalue weighted by Gasteiger charge is -2.14. The molecule has 0 aliphatic rings. The number of pyridine rings is 1. The smallest absolute Gasteiger partial charge is 0.238 e. The van der Waals surface area contributed by atoms with Crippen LogP contribution in [0.3, 0.4) is 0 Å². The van der Waals surface area contributed by atoms with Crippen molar-refractivity contribution in [1.82, 2.24) is 10.3 Å². The van der Waals surface area contributed by atoms with E-state index >= 15 is 0 Å². The van der Waals surface area contributed by atoms with Crippen LogP contribution in [0.4, 0.5) is 5.69 Å². The normalized spacial score (nSPS) is 11.1. The average Bonchev–Trinajstić information content (AvgIpc) is 2.65. The van der Waals surface area contributed by atoms with E-state index in [0.29, 0.717) is 11.4 Å². The Bertz CT molecular complexity index is 813. The Kier molecular flexibility index (Phi) is 7.25. The van der Waals surface area contributed by atoms with E-state index in [1.165, 1.54) is 5.56 Å². The zero-order valence-corrected chi connectivity index (χ0v) is 16.8. The zero-order valence-electron chi connectivity index (χ0n) is 16.8. The van der Waals surface area contributed by atoms with E-state index in [9.17, 15) is 9.59 Å². The van der Waals surface area contributed by atoms with Crippen molar-refractivity contribution >= 4 is 17.4 Å². The lowest BCUT2D eigenvalue weighted by Crippen LogP contribution is -2.33. The third-order valence-electron chi connectivity index (χ3n) is 4.26. The van der Waals surface area contributed by atoms with Gasteiger partial charge in [-0.2, -0.15) is 0 Å². The number of ketones is 1. The Morgan fingerprint density at radius 3 is 2.44 bits per heavy atom. The number of Topliss-reactive ketones (excluding diaryl/α,β-unsaturated/α-hetero) is 1. The molecule has 0 spiro atoms. The van der Waals surface area contributed by atoms with Gasteiger partial charge in [-0.05, 0) is 23.6 Å². The van der Waals surface area contributed by atoms with Crippen LogP contribution in [-0.2, 0) is 11.2 Å². The summed E-state index contributed by atoms with van der Waals surface area (Å²) in [7, 11) is 0. The monoisotopic (exact) mass is 367 g/mol. The second-order valence-corrected chi connectivity index (χ2v) is 7.28. The number of rotatable bonds is 8. The summed E-state index contributed by atoms with van der Waals surface area (Å²) in [4.78, 5) is 29.2. The predicted molar refractivity (Wildman–Crippen MR) is 110 cm³/mol. The summed E-state index contributed by atoms with van der Waals surface area (Å²) in [5, 5.41) is 5.94. The minimum absolute atomic E-state index is 0.0871. The van der Waals surface area contributed by atoms with Crippen molar-refractivity contribution in [2.24, 2.45) is 5.92 Å². The van der Waals surface area contributed by atoms with Gasteiger partial charge in [0.25, 0.3) is 0 Å². The second-order valence-electron chi connectivity index (χ2n) is 7.28. The topological polar surface area (TPSA) is 71.1 Å². The standard InChI is InChI=1S/C22H29N3O2/c1-6-16-8-7-9-17(10-16)18-11-19(25-20(26)13-23-15(4)5)21(24-12-18)22(27)14(2)3/h7-12,14-15,23H,6,13H2,1-5H3,(H,25,26). The molecule has 0 aliphatic carbocycles. The molecule has 0 atom stereocenters. The quantitative estimate of drug-likeness (QED) is 0.690. The van der Waals surface area contributed by atoms with Crippen molar-refractivity contribution in [2.45, 2.75) is 47.1 Å². The highest BCUT2D eigenvalue weighted by Crippen LogP contribution is 2.26. The van der Waals surface area contributed by atoms with E-state index in [-0.39, 0.29) is 30.2 Å². The molecular weight excluding hydrogens is 338 g/mol. The summed E-state index contributed by atoms with van der Waals surface area (Å²) in [6, 6.07) is 10.2. The highest BCUT2D eigenvalue weighted by atomic mass is 16.2. The maximum absolute atomic E-state index is 12.5. The Balaban J connectivity index is 2.39. The van der Waals surface area contributed by atoms with Gasteiger partial charge in [0, 0.05) is 23.7 Å². The van der Waals surface area contributed by atoms with Crippen LogP contribution in [0, 0.1) is 5.92 Å². The molecule has 0 radical (unpaired) electrons. The van der Waals surface area contributed by atoms with Crippen LogP contribution < -0.4 is 10.6 Å². The molecule has 0 unspecified atom stereocenters. The van der Waals surface area contributed by atoms with Gasteiger partial charge in [-0.25, -0.2) is 0 Å². The molecule has 144 valence electrons. The number of nitrogens with zero attached hydrogens (tertiary/aromatic N) is 1. The minimum atomic E-state index is -0.198. The fraction of sp³-hybridized carbons (Fsp3) is 0.409. The summed E-state index contributed by atoms with van der Waals surface area (Å²) in [6.07, 6.45) is 2.64. The van der Waals surface area contributed by atoms with Crippen LogP contribution in [0.25, 0.3) is 11.1 Å². The van der Waals surface area contributed by atoms with Crippen LogP contribution in [-0.4, -0.2) is 29.3 Å². The van der Waals surface area contributed by atoms with E-state index in [1.54, 1.807) is 6.20 Å². The van der Waals surface area contributed by atoms with Crippen LogP contribution in [0.5, 0.6) is 0 Å². The number of nitrogens with one attached hydrogen (secondary N) is 2. The number of hydrogen-bond acceptors (Lipinski definition) is 4. The van der Waals surface area contributed by atoms with Gasteiger partial charge >= 0.3 is 0 Å². The van der Waals surface area contributed by atoms with E-state index in [4.69, 9.17) is 0 Å². The zero-order chi connectivity index (χ0) is 20.0. The average molecular weight is 367 g/mol. The highest BCUT2D eigenvalue weighted by molar-refractivity contribution is 6.05. The largest absolute Gasteiger partial charge is 0.323 e. The van der Waals surface area contributed by atoms with Gasteiger partial charge in [0.2, 0.25) is 5.91 Å². The molecule has 1 heterocycles. The summed E-state index contributed by atoms with van der Waals surface area (Å²) >= 11 is 0. The highest BCUT2D eigenvalue weighted by Gasteiger charge is 2.19. The van der Waals surface area contributed by atoms with E-state index in [2.05, 4.69) is 34.7 Å². The summed E-state index contributed by atoms with van der Waals surface area (Å²) in [5.41, 5.74) is 3.88. The maximum atomic E-state index is 12.5. The Hall–Kier alpha value is -2.53. The molecule has 0 saturated heterocycles. The molecule has 1 aromatic heterocycles. The van der Waals surface area contributed by atoms with Crippen molar-refractivity contribution in [1.29, 1.82) is 0 Å². The first-order chi connectivity index (χ1) is 12.8. The first-order valence-corrected chi connectivity index (χ1v) is 9.48. The first kappa shape index (κ1) is 20.8. The number of aryl methyl sites for hydroxylation is 1. The molecule has 2 N–H and O–H groups in total. The van der Waals surface area contributed by atoms with Crippen LogP contribution in [0.15, 0.2) is 36.5 Å². The molecule has 5 heteroatoms. The Labute approximate surface area is 161 Å². The molecule has 0 aliphatic heterocycles. The lowest BCUT2D eigenvalue weighted by molar-refractivity contribution is -0.115. The summed E-state index contributed by atoms with van der Waals surface area (Å²) in [6.45, 7) is 9.90. The van der Waals surface area contributed by atoms with Gasteiger partial charge in [0.15, 0.2) is 5.78 Å². The van der Waals surface area contributed by atoms with Gasteiger partial charge in [0.1, 0.15) is 5.69 Å². The van der Waals surface area contributed by atoms with Crippen LogP contribution in [0.1, 0.15) is 50.7 Å². The molecule has 1 amide bonds. The van der Waals surface area contributed by atoms with Crippen molar-refractivity contribution < 1.29 is 9.59 Å². The first-order valence-electron chi connectivity index (χ1n) is 9.48. The number of aromatic nitrogens is 1.